The molecule has 1 heterocycles. The Kier molecular flexibility index (Phi) is 6.21. The van der Waals surface area contributed by atoms with Crippen molar-refractivity contribution in [2.75, 3.05) is 13.1 Å². The summed E-state index contributed by atoms with van der Waals surface area (Å²) >= 11 is 12.3. The SMILES string of the molecule is CCCCCCNCCn1ccc2c(Cl)cc(Cl)cc21. The Bertz CT molecular complexity index is 549. The Balaban J connectivity index is 1.84. The van der Waals surface area contributed by atoms with Crippen molar-refractivity contribution in [1.29, 1.82) is 0 Å². The van der Waals surface area contributed by atoms with E-state index in [0.29, 0.717) is 5.02 Å². The molecule has 2 aromatic rings. The molecule has 1 N–H and O–H groups in total. The van der Waals surface area contributed by atoms with Crippen LogP contribution in [0.5, 0.6) is 0 Å². The van der Waals surface area contributed by atoms with Gasteiger partial charge in [0, 0.05) is 29.7 Å². The van der Waals surface area contributed by atoms with E-state index < -0.39 is 0 Å². The second-order valence-corrected chi connectivity index (χ2v) is 5.98. The third-order valence-corrected chi connectivity index (χ3v) is 4.07. The van der Waals surface area contributed by atoms with Gasteiger partial charge in [0.1, 0.15) is 0 Å². The Hall–Kier alpha value is -0.700. The third-order valence-electron chi connectivity index (χ3n) is 3.54. The number of halogens is 2. The fourth-order valence-corrected chi connectivity index (χ4v) is 2.96. The highest BCUT2D eigenvalue weighted by Crippen LogP contribution is 2.28. The molecule has 0 saturated carbocycles. The minimum Gasteiger partial charge on any atom is -0.346 e. The van der Waals surface area contributed by atoms with Gasteiger partial charge >= 0.3 is 0 Å². The summed E-state index contributed by atoms with van der Waals surface area (Å²) in [5, 5.41) is 5.97. The van der Waals surface area contributed by atoms with Crippen LogP contribution in [0.2, 0.25) is 10.0 Å². The van der Waals surface area contributed by atoms with Crippen LogP contribution in [0.3, 0.4) is 0 Å². The predicted octanol–water partition coefficient (Wildman–Crippen LogP) is 5.12. The molecule has 1 aromatic heterocycles. The lowest BCUT2D eigenvalue weighted by atomic mass is 10.2. The highest BCUT2D eigenvalue weighted by Gasteiger charge is 2.06. The number of fused-ring (bicyclic) bond motifs is 1. The van der Waals surface area contributed by atoms with Gasteiger partial charge in [-0.15, -0.1) is 0 Å². The van der Waals surface area contributed by atoms with Crippen molar-refractivity contribution in [3.63, 3.8) is 0 Å². The van der Waals surface area contributed by atoms with E-state index in [2.05, 4.69) is 29.1 Å². The molecule has 0 fully saturated rings. The highest BCUT2D eigenvalue weighted by molar-refractivity contribution is 6.38. The van der Waals surface area contributed by atoms with Crippen LogP contribution in [0.4, 0.5) is 0 Å². The molecule has 0 unspecified atom stereocenters. The number of rotatable bonds is 8. The number of nitrogens with zero attached hydrogens (tertiary/aromatic N) is 1. The molecule has 1 aromatic carbocycles. The lowest BCUT2D eigenvalue weighted by molar-refractivity contribution is 0.567. The summed E-state index contributed by atoms with van der Waals surface area (Å²) in [5.41, 5.74) is 1.11. The molecule has 0 aliphatic carbocycles. The second kappa shape index (κ2) is 7.92. The van der Waals surface area contributed by atoms with Gasteiger partial charge in [0.25, 0.3) is 0 Å². The van der Waals surface area contributed by atoms with Crippen molar-refractivity contribution in [2.24, 2.45) is 0 Å². The number of benzene rings is 1. The highest BCUT2D eigenvalue weighted by atomic mass is 35.5. The molecule has 0 aliphatic rings. The smallest absolute Gasteiger partial charge is 0.0514 e. The van der Waals surface area contributed by atoms with E-state index >= 15 is 0 Å². The van der Waals surface area contributed by atoms with E-state index in [-0.39, 0.29) is 0 Å². The fraction of sp³-hybridized carbons (Fsp3) is 0.500. The molecule has 110 valence electrons. The minimum absolute atomic E-state index is 0.690. The van der Waals surface area contributed by atoms with E-state index in [1.165, 1.54) is 25.7 Å². The van der Waals surface area contributed by atoms with Crippen molar-refractivity contribution in [3.8, 4) is 0 Å². The summed E-state index contributed by atoms with van der Waals surface area (Å²) < 4.78 is 2.20. The number of unbranched alkanes of at least 4 members (excludes halogenated alkanes) is 3. The van der Waals surface area contributed by atoms with Crippen LogP contribution < -0.4 is 5.32 Å². The van der Waals surface area contributed by atoms with Crippen LogP contribution in [-0.4, -0.2) is 17.7 Å². The summed E-state index contributed by atoms with van der Waals surface area (Å²) in [4.78, 5) is 0. The Morgan fingerprint density at radius 1 is 1.10 bits per heavy atom. The van der Waals surface area contributed by atoms with Gasteiger partial charge in [0.2, 0.25) is 0 Å². The molecule has 4 heteroatoms. The number of aromatic nitrogens is 1. The summed E-state index contributed by atoms with van der Waals surface area (Å²) in [5.74, 6) is 0. The Morgan fingerprint density at radius 2 is 1.95 bits per heavy atom. The molecular formula is C16H22Cl2N2. The van der Waals surface area contributed by atoms with Crippen molar-refractivity contribution in [3.05, 3.63) is 34.4 Å². The zero-order valence-corrected chi connectivity index (χ0v) is 13.5. The van der Waals surface area contributed by atoms with Gasteiger partial charge < -0.3 is 9.88 Å². The average molecular weight is 313 g/mol. The predicted molar refractivity (Wildman–Crippen MR) is 89.0 cm³/mol. The quantitative estimate of drug-likeness (QED) is 0.669. The van der Waals surface area contributed by atoms with Gasteiger partial charge in [-0.05, 0) is 31.2 Å². The summed E-state index contributed by atoms with van der Waals surface area (Å²) in [6.45, 7) is 5.25. The minimum atomic E-state index is 0.690. The van der Waals surface area contributed by atoms with Crippen molar-refractivity contribution >= 4 is 34.1 Å². The van der Waals surface area contributed by atoms with Gasteiger partial charge in [0.05, 0.1) is 10.5 Å². The van der Waals surface area contributed by atoms with Gasteiger partial charge in [-0.1, -0.05) is 49.4 Å². The molecule has 2 nitrogen and oxygen atoms in total. The Labute approximate surface area is 131 Å². The van der Waals surface area contributed by atoms with E-state index in [1.54, 1.807) is 6.07 Å². The van der Waals surface area contributed by atoms with E-state index in [0.717, 1.165) is 35.6 Å². The van der Waals surface area contributed by atoms with E-state index in [9.17, 15) is 0 Å². The first-order chi connectivity index (χ1) is 9.72. The van der Waals surface area contributed by atoms with Gasteiger partial charge in [-0.25, -0.2) is 0 Å². The van der Waals surface area contributed by atoms with Crippen LogP contribution in [0.1, 0.15) is 32.6 Å². The third kappa shape index (κ3) is 4.15. The maximum atomic E-state index is 6.19. The average Bonchev–Trinajstić information content (AvgIpc) is 2.81. The molecule has 0 spiro atoms. The van der Waals surface area contributed by atoms with Gasteiger partial charge in [0.15, 0.2) is 0 Å². The summed E-state index contributed by atoms with van der Waals surface area (Å²) in [6, 6.07) is 5.82. The molecule has 0 saturated heterocycles. The van der Waals surface area contributed by atoms with Crippen molar-refractivity contribution < 1.29 is 0 Å². The van der Waals surface area contributed by atoms with Gasteiger partial charge in [-0.3, -0.25) is 0 Å². The van der Waals surface area contributed by atoms with E-state index in [4.69, 9.17) is 23.2 Å². The molecule has 0 amide bonds. The second-order valence-electron chi connectivity index (χ2n) is 5.14. The first-order valence-corrected chi connectivity index (χ1v) is 8.12. The standard InChI is InChI=1S/C16H22Cl2N2/c1-2-3-4-5-7-19-8-10-20-9-6-14-15(18)11-13(17)12-16(14)20/h6,9,11-12,19H,2-5,7-8,10H2,1H3. The largest absolute Gasteiger partial charge is 0.346 e. The molecule has 2 rings (SSSR count). The maximum absolute atomic E-state index is 6.19. The number of nitrogens with one attached hydrogen (secondary N) is 1. The first kappa shape index (κ1) is 15.7. The Morgan fingerprint density at radius 3 is 2.75 bits per heavy atom. The maximum Gasteiger partial charge on any atom is 0.0514 e. The number of hydrogen-bond donors (Lipinski definition) is 1. The molecule has 20 heavy (non-hydrogen) atoms. The van der Waals surface area contributed by atoms with Crippen molar-refractivity contribution in [1.82, 2.24) is 9.88 Å². The molecule has 0 bridgehead atoms. The van der Waals surface area contributed by atoms with Crippen LogP contribution in [0.15, 0.2) is 24.4 Å². The first-order valence-electron chi connectivity index (χ1n) is 7.37. The lowest BCUT2D eigenvalue weighted by Gasteiger charge is -2.08. The van der Waals surface area contributed by atoms with Crippen LogP contribution >= 0.6 is 23.2 Å². The lowest BCUT2D eigenvalue weighted by Crippen LogP contribution is -2.20. The molecule has 0 atom stereocenters. The normalized spacial score (nSPS) is 11.3. The molecule has 0 radical (unpaired) electrons. The zero-order valence-electron chi connectivity index (χ0n) is 12.0. The van der Waals surface area contributed by atoms with E-state index in [1.807, 2.05) is 6.07 Å². The topological polar surface area (TPSA) is 17.0 Å². The van der Waals surface area contributed by atoms with Crippen LogP contribution in [0, 0.1) is 0 Å². The fourth-order valence-electron chi connectivity index (χ4n) is 2.41. The summed E-state index contributed by atoms with van der Waals surface area (Å²) in [6.07, 6.45) is 7.28. The van der Waals surface area contributed by atoms with Crippen molar-refractivity contribution in [2.45, 2.75) is 39.2 Å². The zero-order chi connectivity index (χ0) is 14.4. The van der Waals surface area contributed by atoms with Crippen LogP contribution in [-0.2, 0) is 6.54 Å². The van der Waals surface area contributed by atoms with Crippen LogP contribution in [0.25, 0.3) is 10.9 Å². The number of hydrogen-bond acceptors (Lipinski definition) is 1. The molecule has 0 aliphatic heterocycles. The monoisotopic (exact) mass is 312 g/mol. The van der Waals surface area contributed by atoms with Gasteiger partial charge in [-0.2, -0.15) is 0 Å². The molecular weight excluding hydrogens is 291 g/mol. The summed E-state index contributed by atoms with van der Waals surface area (Å²) in [7, 11) is 0.